The molecule has 2 rings (SSSR count). The fourth-order valence-electron chi connectivity index (χ4n) is 6.82. The number of piperidine rings is 2. The molecule has 0 atom stereocenters. The highest BCUT2D eigenvalue weighted by atomic mass is 16.7. The van der Waals surface area contributed by atoms with Crippen LogP contribution in [0.15, 0.2) is 4.99 Å². The smallest absolute Gasteiger partial charge is 0.219 e. The van der Waals surface area contributed by atoms with Crippen molar-refractivity contribution in [3.8, 4) is 0 Å². The van der Waals surface area contributed by atoms with Crippen molar-refractivity contribution in [2.24, 2.45) is 16.6 Å². The van der Waals surface area contributed by atoms with E-state index in [1.54, 1.807) is 14.2 Å². The average Bonchev–Trinajstić information content (AvgIpc) is 2.57. The van der Waals surface area contributed by atoms with Gasteiger partial charge in [-0.2, -0.15) is 10.1 Å². The van der Waals surface area contributed by atoms with Crippen molar-refractivity contribution in [3.05, 3.63) is 0 Å². The molecule has 8 heteroatoms. The van der Waals surface area contributed by atoms with E-state index < -0.39 is 0 Å². The quantitative estimate of drug-likeness (QED) is 0.484. The lowest BCUT2D eigenvalue weighted by molar-refractivity contribution is -0.271. The molecule has 0 aromatic rings. The SMILES string of the molecule is CON1C(C)(C)CC(CC(N)=NC(=N)N(C)C2CC(C)(C)N(OC)C(C)(C)C2)CC1(C)C. The van der Waals surface area contributed by atoms with Crippen molar-refractivity contribution in [2.45, 2.75) is 116 Å². The van der Waals surface area contributed by atoms with Gasteiger partial charge in [-0.1, -0.05) is 0 Å². The Morgan fingerprint density at radius 2 is 1.25 bits per heavy atom. The minimum Gasteiger partial charge on any atom is -0.387 e. The summed E-state index contributed by atoms with van der Waals surface area (Å²) < 4.78 is 0. The molecule has 0 aromatic heterocycles. The summed E-state index contributed by atoms with van der Waals surface area (Å²) in [5.74, 6) is 1.17. The Morgan fingerprint density at radius 1 is 0.875 bits per heavy atom. The first-order valence-corrected chi connectivity index (χ1v) is 11.8. The zero-order valence-corrected chi connectivity index (χ0v) is 22.4. The maximum atomic E-state index is 8.64. The van der Waals surface area contributed by atoms with Crippen LogP contribution in [0.25, 0.3) is 0 Å². The molecule has 2 aliphatic heterocycles. The summed E-state index contributed by atoms with van der Waals surface area (Å²) >= 11 is 0. The van der Waals surface area contributed by atoms with Crippen molar-refractivity contribution in [1.29, 1.82) is 5.41 Å². The first-order valence-electron chi connectivity index (χ1n) is 11.8. The lowest BCUT2D eigenvalue weighted by Gasteiger charge is -2.54. The summed E-state index contributed by atoms with van der Waals surface area (Å²) in [7, 11) is 5.44. The number of amidine groups is 1. The van der Waals surface area contributed by atoms with Crippen LogP contribution >= 0.6 is 0 Å². The van der Waals surface area contributed by atoms with Gasteiger partial charge in [0.15, 0.2) is 0 Å². The number of hydrogen-bond donors (Lipinski definition) is 2. The van der Waals surface area contributed by atoms with Crippen molar-refractivity contribution < 1.29 is 9.68 Å². The predicted octanol–water partition coefficient (Wildman–Crippen LogP) is 4.01. The minimum absolute atomic E-state index is 0.0851. The second kappa shape index (κ2) is 9.20. The minimum atomic E-state index is -0.141. The Bertz CT molecular complexity index is 679. The molecule has 2 aliphatic rings. The number of nitrogens with two attached hydrogens (primary N) is 1. The van der Waals surface area contributed by atoms with Gasteiger partial charge in [-0.25, -0.2) is 4.99 Å². The van der Waals surface area contributed by atoms with E-state index >= 15 is 0 Å². The van der Waals surface area contributed by atoms with Crippen molar-refractivity contribution in [1.82, 2.24) is 15.0 Å². The predicted molar refractivity (Wildman–Crippen MR) is 131 cm³/mol. The van der Waals surface area contributed by atoms with Crippen molar-refractivity contribution in [2.75, 3.05) is 21.3 Å². The maximum Gasteiger partial charge on any atom is 0.219 e. The molecular formula is C24H48N6O2. The van der Waals surface area contributed by atoms with Crippen LogP contribution in [0.4, 0.5) is 0 Å². The highest BCUT2D eigenvalue weighted by Gasteiger charge is 2.48. The summed E-state index contributed by atoms with van der Waals surface area (Å²) in [4.78, 5) is 17.9. The zero-order chi connectivity index (χ0) is 24.7. The number of hydroxylamine groups is 4. The Morgan fingerprint density at radius 3 is 1.62 bits per heavy atom. The molecule has 0 bridgehead atoms. The summed E-state index contributed by atoms with van der Waals surface area (Å²) in [6.07, 6.45) is 4.41. The number of guanidine groups is 1. The maximum absolute atomic E-state index is 8.64. The van der Waals surface area contributed by atoms with E-state index in [2.05, 4.69) is 70.5 Å². The number of rotatable bonds is 5. The van der Waals surface area contributed by atoms with Gasteiger partial charge in [-0.15, -0.1) is 0 Å². The molecule has 2 heterocycles. The van der Waals surface area contributed by atoms with Gasteiger partial charge in [0.1, 0.15) is 5.84 Å². The van der Waals surface area contributed by atoms with Gasteiger partial charge < -0.3 is 20.3 Å². The Kier molecular flexibility index (Phi) is 7.77. The lowest BCUT2D eigenvalue weighted by Crippen LogP contribution is -2.63. The van der Waals surface area contributed by atoms with Crippen LogP contribution < -0.4 is 5.73 Å². The fraction of sp³-hybridized carbons (Fsp3) is 0.917. The third-order valence-corrected chi connectivity index (χ3v) is 7.24. The second-order valence-corrected chi connectivity index (χ2v) is 12.3. The van der Waals surface area contributed by atoms with E-state index in [1.165, 1.54) is 0 Å². The molecule has 3 N–H and O–H groups in total. The molecule has 0 saturated carbocycles. The first kappa shape index (κ1) is 27.0. The number of hydrogen-bond acceptors (Lipinski definition) is 5. The molecule has 0 spiro atoms. The van der Waals surface area contributed by atoms with Crippen LogP contribution in [0.2, 0.25) is 0 Å². The summed E-state index contributed by atoms with van der Waals surface area (Å²) in [5, 5.41) is 12.8. The Hall–Kier alpha value is -1.22. The Balaban J connectivity index is 2.08. The van der Waals surface area contributed by atoms with Crippen LogP contribution in [-0.2, 0) is 9.68 Å². The summed E-state index contributed by atoms with van der Waals surface area (Å²) in [6.45, 7) is 17.6. The second-order valence-electron chi connectivity index (χ2n) is 12.3. The van der Waals surface area contributed by atoms with E-state index in [1.807, 2.05) is 11.9 Å². The van der Waals surface area contributed by atoms with Crippen molar-refractivity contribution >= 4 is 11.8 Å². The third-order valence-electron chi connectivity index (χ3n) is 7.24. The average molecular weight is 453 g/mol. The van der Waals surface area contributed by atoms with Crippen LogP contribution in [0.3, 0.4) is 0 Å². The molecule has 2 saturated heterocycles. The summed E-state index contributed by atoms with van der Waals surface area (Å²) in [6, 6.07) is 0.193. The van der Waals surface area contributed by atoms with Gasteiger partial charge in [-0.3, -0.25) is 5.41 Å². The van der Waals surface area contributed by atoms with Gasteiger partial charge in [0.25, 0.3) is 0 Å². The van der Waals surface area contributed by atoms with Gasteiger partial charge >= 0.3 is 0 Å². The van der Waals surface area contributed by atoms with Crippen LogP contribution in [0.5, 0.6) is 0 Å². The van der Waals surface area contributed by atoms with E-state index in [0.29, 0.717) is 18.2 Å². The number of nitrogens with zero attached hydrogens (tertiary/aromatic N) is 4. The lowest BCUT2D eigenvalue weighted by atomic mass is 9.74. The van der Waals surface area contributed by atoms with E-state index in [0.717, 1.165) is 25.7 Å². The molecule has 0 amide bonds. The standard InChI is InChI=1S/C24H48N6O2/c1-21(2)13-17(14-22(3,4)29(21)31-10)12-19(25)27-20(26)28(9)18-15-23(5,6)30(32-11)24(7,8)16-18/h17-18H,12-16H2,1-11H3,(H3,25,26,27). The summed E-state index contributed by atoms with van der Waals surface area (Å²) in [5.41, 5.74) is 5.92. The molecule has 2 fully saturated rings. The molecule has 0 aliphatic carbocycles. The molecule has 32 heavy (non-hydrogen) atoms. The monoisotopic (exact) mass is 452 g/mol. The van der Waals surface area contributed by atoms with Gasteiger partial charge in [-0.05, 0) is 87.0 Å². The Labute approximate surface area is 195 Å². The molecule has 186 valence electrons. The van der Waals surface area contributed by atoms with E-state index in [4.69, 9.17) is 20.8 Å². The highest BCUT2D eigenvalue weighted by Crippen LogP contribution is 2.43. The van der Waals surface area contributed by atoms with Gasteiger partial charge in [0.05, 0.1) is 14.2 Å². The fourth-order valence-corrected chi connectivity index (χ4v) is 6.82. The highest BCUT2D eigenvalue weighted by molar-refractivity contribution is 5.93. The number of aliphatic imine (C=N–C) groups is 1. The third kappa shape index (κ3) is 5.64. The van der Waals surface area contributed by atoms with E-state index in [9.17, 15) is 0 Å². The van der Waals surface area contributed by atoms with E-state index in [-0.39, 0.29) is 34.2 Å². The van der Waals surface area contributed by atoms with Crippen molar-refractivity contribution in [3.63, 3.8) is 0 Å². The normalized spacial score (nSPS) is 26.8. The largest absolute Gasteiger partial charge is 0.387 e. The van der Waals surface area contributed by atoms with Gasteiger partial charge in [0.2, 0.25) is 5.96 Å². The number of nitrogens with one attached hydrogen (secondary N) is 1. The molecule has 0 aromatic carbocycles. The van der Waals surface area contributed by atoms with Crippen LogP contribution in [0.1, 0.15) is 87.5 Å². The van der Waals surface area contributed by atoms with Crippen LogP contribution in [0, 0.1) is 11.3 Å². The van der Waals surface area contributed by atoms with Crippen LogP contribution in [-0.4, -0.2) is 76.3 Å². The molecular weight excluding hydrogens is 404 g/mol. The first-order chi connectivity index (χ1) is 14.5. The zero-order valence-electron chi connectivity index (χ0n) is 22.4. The topological polar surface area (TPSA) is 90.4 Å². The molecule has 0 unspecified atom stereocenters. The van der Waals surface area contributed by atoms with Gasteiger partial charge in [0, 0.05) is 41.7 Å². The molecule has 0 radical (unpaired) electrons. The molecule has 8 nitrogen and oxygen atoms in total.